The molecule has 1 N–H and O–H groups in total. The third kappa shape index (κ3) is 2.88. The molecular formula is C15H13FO4. The number of carboxylic acids is 1. The van der Waals surface area contributed by atoms with E-state index in [1.165, 1.54) is 13.2 Å². The van der Waals surface area contributed by atoms with Gasteiger partial charge in [0, 0.05) is 0 Å². The van der Waals surface area contributed by atoms with Crippen molar-refractivity contribution < 1.29 is 23.8 Å². The number of methoxy groups -OCH3 is 1. The number of hydrogen-bond donors (Lipinski definition) is 1. The maximum atomic E-state index is 13.1. The minimum atomic E-state index is -1.26. The van der Waals surface area contributed by atoms with Gasteiger partial charge in [0.25, 0.3) is 0 Å². The van der Waals surface area contributed by atoms with Crippen LogP contribution < -0.4 is 9.47 Å². The molecule has 0 heterocycles. The van der Waals surface area contributed by atoms with Gasteiger partial charge in [0.15, 0.2) is 11.5 Å². The quantitative estimate of drug-likeness (QED) is 0.926. The van der Waals surface area contributed by atoms with Crippen LogP contribution in [0.2, 0.25) is 0 Å². The Morgan fingerprint density at radius 2 is 1.80 bits per heavy atom. The van der Waals surface area contributed by atoms with Crippen molar-refractivity contribution in [3.63, 3.8) is 0 Å². The summed E-state index contributed by atoms with van der Waals surface area (Å²) in [5.74, 6) is -0.991. The van der Waals surface area contributed by atoms with Crippen LogP contribution in [-0.4, -0.2) is 18.2 Å². The van der Waals surface area contributed by atoms with Gasteiger partial charge in [-0.3, -0.25) is 0 Å². The second-order valence-electron chi connectivity index (χ2n) is 4.20. The van der Waals surface area contributed by atoms with Gasteiger partial charge in [0.2, 0.25) is 0 Å². The van der Waals surface area contributed by atoms with Crippen molar-refractivity contribution in [2.75, 3.05) is 7.11 Å². The highest BCUT2D eigenvalue weighted by atomic mass is 19.1. The van der Waals surface area contributed by atoms with E-state index in [1.54, 1.807) is 12.1 Å². The second-order valence-corrected chi connectivity index (χ2v) is 4.20. The van der Waals surface area contributed by atoms with Crippen LogP contribution in [0.5, 0.6) is 17.2 Å². The fourth-order valence-corrected chi connectivity index (χ4v) is 1.74. The Bertz CT molecular complexity index is 652. The molecule has 4 nitrogen and oxygen atoms in total. The fraction of sp³-hybridized carbons (Fsp3) is 0.133. The molecule has 0 saturated carbocycles. The lowest BCUT2D eigenvalue weighted by atomic mass is 10.2. The van der Waals surface area contributed by atoms with Crippen molar-refractivity contribution in [1.29, 1.82) is 0 Å². The van der Waals surface area contributed by atoms with Gasteiger partial charge >= 0.3 is 5.97 Å². The number of carboxylic acid groups (broad SMARTS) is 1. The van der Waals surface area contributed by atoms with Gasteiger partial charge in [0.1, 0.15) is 17.1 Å². The molecule has 0 aromatic heterocycles. The molecule has 104 valence electrons. The highest BCUT2D eigenvalue weighted by Crippen LogP contribution is 2.33. The number of aromatic carboxylic acids is 1. The van der Waals surface area contributed by atoms with E-state index >= 15 is 0 Å². The van der Waals surface area contributed by atoms with Crippen LogP contribution in [0.15, 0.2) is 36.4 Å². The average Bonchev–Trinajstić information content (AvgIpc) is 2.42. The zero-order valence-electron chi connectivity index (χ0n) is 11.0. The SMILES string of the molecule is COc1cc(C)ccc1Oc1ccc(F)cc1C(=O)O. The Morgan fingerprint density at radius 1 is 1.10 bits per heavy atom. The summed E-state index contributed by atoms with van der Waals surface area (Å²) >= 11 is 0. The van der Waals surface area contributed by atoms with Crippen LogP contribution in [0.25, 0.3) is 0 Å². The normalized spacial score (nSPS) is 10.2. The molecule has 0 radical (unpaired) electrons. The maximum Gasteiger partial charge on any atom is 0.339 e. The Labute approximate surface area is 115 Å². The number of hydrogen-bond acceptors (Lipinski definition) is 3. The average molecular weight is 276 g/mol. The van der Waals surface area contributed by atoms with E-state index < -0.39 is 11.8 Å². The molecule has 2 aromatic rings. The first kappa shape index (κ1) is 13.9. The van der Waals surface area contributed by atoms with Crippen LogP contribution in [0, 0.1) is 12.7 Å². The van der Waals surface area contributed by atoms with Crippen molar-refractivity contribution in [1.82, 2.24) is 0 Å². The number of ether oxygens (including phenoxy) is 2. The van der Waals surface area contributed by atoms with Crippen LogP contribution in [0.1, 0.15) is 15.9 Å². The van der Waals surface area contributed by atoms with Crippen LogP contribution >= 0.6 is 0 Å². The molecule has 0 aliphatic rings. The number of halogens is 1. The van der Waals surface area contributed by atoms with Crippen molar-refractivity contribution in [2.45, 2.75) is 6.92 Å². The highest BCUT2D eigenvalue weighted by Gasteiger charge is 2.15. The zero-order valence-corrected chi connectivity index (χ0v) is 11.0. The summed E-state index contributed by atoms with van der Waals surface area (Å²) in [5.41, 5.74) is 0.736. The fourth-order valence-electron chi connectivity index (χ4n) is 1.74. The molecule has 0 aliphatic heterocycles. The van der Waals surface area contributed by atoms with Crippen molar-refractivity contribution in [3.8, 4) is 17.2 Å². The lowest BCUT2D eigenvalue weighted by Crippen LogP contribution is -2.01. The Hall–Kier alpha value is -2.56. The Morgan fingerprint density at radius 3 is 2.45 bits per heavy atom. The first-order valence-electron chi connectivity index (χ1n) is 5.86. The van der Waals surface area contributed by atoms with Crippen LogP contribution in [0.4, 0.5) is 4.39 Å². The Kier molecular flexibility index (Phi) is 3.89. The summed E-state index contributed by atoms with van der Waals surface area (Å²) in [7, 11) is 1.49. The van der Waals surface area contributed by atoms with E-state index in [0.717, 1.165) is 17.7 Å². The third-order valence-corrected chi connectivity index (χ3v) is 2.71. The summed E-state index contributed by atoms with van der Waals surface area (Å²) in [4.78, 5) is 11.1. The molecule has 0 bridgehead atoms. The van der Waals surface area contributed by atoms with E-state index in [0.29, 0.717) is 11.5 Å². The number of carbonyl (C=O) groups is 1. The summed E-state index contributed by atoms with van der Waals surface area (Å²) in [5, 5.41) is 9.06. The molecule has 5 heteroatoms. The van der Waals surface area contributed by atoms with Gasteiger partial charge in [-0.2, -0.15) is 0 Å². The molecule has 0 aliphatic carbocycles. The molecular weight excluding hydrogens is 263 g/mol. The van der Waals surface area contributed by atoms with E-state index in [1.807, 2.05) is 13.0 Å². The molecule has 0 spiro atoms. The standard InChI is InChI=1S/C15H13FO4/c1-9-3-5-13(14(7-9)19-2)20-12-6-4-10(16)8-11(12)15(17)18/h3-8H,1-2H3,(H,17,18). The second kappa shape index (κ2) is 5.61. The molecule has 0 amide bonds. The zero-order chi connectivity index (χ0) is 14.7. The molecule has 0 fully saturated rings. The molecule has 20 heavy (non-hydrogen) atoms. The minimum Gasteiger partial charge on any atom is -0.493 e. The van der Waals surface area contributed by atoms with Gasteiger partial charge in [0.05, 0.1) is 7.11 Å². The monoisotopic (exact) mass is 276 g/mol. The minimum absolute atomic E-state index is 0.0565. The van der Waals surface area contributed by atoms with Crippen LogP contribution in [-0.2, 0) is 0 Å². The van der Waals surface area contributed by atoms with E-state index in [-0.39, 0.29) is 11.3 Å². The topological polar surface area (TPSA) is 55.8 Å². The highest BCUT2D eigenvalue weighted by molar-refractivity contribution is 5.91. The number of aryl methyl sites for hydroxylation is 1. The van der Waals surface area contributed by atoms with Crippen molar-refractivity contribution >= 4 is 5.97 Å². The molecule has 2 aromatic carbocycles. The lowest BCUT2D eigenvalue weighted by Gasteiger charge is -2.12. The van der Waals surface area contributed by atoms with Gasteiger partial charge < -0.3 is 14.6 Å². The molecule has 0 unspecified atom stereocenters. The van der Waals surface area contributed by atoms with E-state index in [4.69, 9.17) is 14.6 Å². The van der Waals surface area contributed by atoms with Crippen molar-refractivity contribution in [3.05, 3.63) is 53.3 Å². The Balaban J connectivity index is 2.42. The smallest absolute Gasteiger partial charge is 0.339 e. The number of benzene rings is 2. The van der Waals surface area contributed by atoms with Crippen molar-refractivity contribution in [2.24, 2.45) is 0 Å². The molecule has 2 rings (SSSR count). The largest absolute Gasteiger partial charge is 0.493 e. The van der Waals surface area contributed by atoms with Crippen LogP contribution in [0.3, 0.4) is 0 Å². The third-order valence-electron chi connectivity index (χ3n) is 2.71. The van der Waals surface area contributed by atoms with Gasteiger partial charge in [-0.05, 0) is 42.8 Å². The summed E-state index contributed by atoms with van der Waals surface area (Å²) < 4.78 is 23.8. The summed E-state index contributed by atoms with van der Waals surface area (Å²) in [6, 6.07) is 8.57. The van der Waals surface area contributed by atoms with E-state index in [9.17, 15) is 9.18 Å². The van der Waals surface area contributed by atoms with Gasteiger partial charge in [-0.25, -0.2) is 9.18 Å². The summed E-state index contributed by atoms with van der Waals surface area (Å²) in [6.07, 6.45) is 0. The first-order chi connectivity index (χ1) is 9.51. The molecule has 0 atom stereocenters. The van der Waals surface area contributed by atoms with E-state index in [2.05, 4.69) is 0 Å². The molecule has 0 saturated heterocycles. The summed E-state index contributed by atoms with van der Waals surface area (Å²) in [6.45, 7) is 1.90. The predicted molar refractivity (Wildman–Crippen MR) is 71.2 cm³/mol. The maximum absolute atomic E-state index is 13.1. The first-order valence-corrected chi connectivity index (χ1v) is 5.86. The van der Waals surface area contributed by atoms with Gasteiger partial charge in [-0.15, -0.1) is 0 Å². The lowest BCUT2D eigenvalue weighted by molar-refractivity contribution is 0.0693. The predicted octanol–water partition coefficient (Wildman–Crippen LogP) is 3.63. The van der Waals surface area contributed by atoms with Gasteiger partial charge in [-0.1, -0.05) is 6.07 Å². The number of rotatable bonds is 4.